The number of hydrogen-bond donors (Lipinski definition) is 0. The molecule has 2 aromatic rings. The second-order valence-electron chi connectivity index (χ2n) is 12.1. The first-order valence-corrected chi connectivity index (χ1v) is 16.1. The molecule has 2 rings (SSSR count). The number of hydrogen-bond acceptors (Lipinski definition) is 5. The molecule has 0 fully saturated rings. The maximum atomic E-state index is 13.8. The van der Waals surface area contributed by atoms with E-state index < -0.39 is 38.1 Å². The van der Waals surface area contributed by atoms with Gasteiger partial charge in [0.1, 0.15) is 5.60 Å². The van der Waals surface area contributed by atoms with Crippen LogP contribution in [0, 0.1) is 0 Å². The van der Waals surface area contributed by atoms with E-state index in [1.807, 2.05) is 81.4 Å². The minimum atomic E-state index is -2.33. The van der Waals surface area contributed by atoms with E-state index in [-0.39, 0.29) is 5.04 Å². The topological polar surface area (TPSA) is 65.1 Å². The Hall–Kier alpha value is -2.90. The molecule has 0 aromatic heterocycles. The first-order valence-electron chi connectivity index (χ1n) is 13.1. The normalized spacial score (nSPS) is 14.1. The van der Waals surface area contributed by atoms with Gasteiger partial charge in [-0.25, -0.2) is 9.59 Å². The Labute approximate surface area is 230 Å². The number of ether oxygens (including phenoxy) is 2. The summed E-state index contributed by atoms with van der Waals surface area (Å²) in [6, 6.07) is 19.4. The predicted octanol–water partition coefficient (Wildman–Crippen LogP) is 7.15. The molecule has 2 atom stereocenters. The molecule has 0 bridgehead atoms. The fraction of sp³-hybridized carbons (Fsp3) is 0.484. The molecule has 38 heavy (non-hydrogen) atoms. The Morgan fingerprint density at radius 1 is 0.895 bits per heavy atom. The van der Waals surface area contributed by atoms with Crippen LogP contribution in [0.3, 0.4) is 0 Å². The van der Waals surface area contributed by atoms with Gasteiger partial charge in [0.25, 0.3) is 0 Å². The van der Waals surface area contributed by atoms with E-state index in [1.165, 1.54) is 13.2 Å². The summed E-state index contributed by atoms with van der Waals surface area (Å²) in [5.74, 6) is -0.473. The Kier molecular flexibility index (Phi) is 10.9. The van der Waals surface area contributed by atoms with Crippen molar-refractivity contribution in [3.63, 3.8) is 0 Å². The van der Waals surface area contributed by atoms with Gasteiger partial charge in [0.05, 0.1) is 19.3 Å². The van der Waals surface area contributed by atoms with Gasteiger partial charge in [-0.05, 0) is 62.5 Å². The first-order chi connectivity index (χ1) is 17.6. The molecule has 0 saturated heterocycles. The number of nitrogens with zero attached hydrogens (tertiary/aromatic N) is 1. The molecule has 0 heterocycles. The van der Waals surface area contributed by atoms with E-state index in [1.54, 1.807) is 11.0 Å². The fourth-order valence-corrected chi connectivity index (χ4v) is 4.95. The Morgan fingerprint density at radius 3 is 1.89 bits per heavy atom. The SMILES string of the molecule is COC(=O)/C=C/[C@H](O[Si](C)(C)C(C)(C)C)[C@H](Cc1ccccc1)N(Cc1ccccc1)C(=O)OC(C)(C)C. The van der Waals surface area contributed by atoms with Crippen LogP contribution >= 0.6 is 0 Å². The zero-order valence-electron chi connectivity index (χ0n) is 24.5. The average Bonchev–Trinajstić information content (AvgIpc) is 2.83. The zero-order valence-corrected chi connectivity index (χ0v) is 25.5. The minimum Gasteiger partial charge on any atom is -0.466 e. The maximum Gasteiger partial charge on any atom is 0.410 e. The molecule has 0 saturated carbocycles. The predicted molar refractivity (Wildman–Crippen MR) is 155 cm³/mol. The third-order valence-electron chi connectivity index (χ3n) is 6.75. The molecule has 0 aliphatic rings. The summed E-state index contributed by atoms with van der Waals surface area (Å²) in [5, 5.41) is -0.0855. The van der Waals surface area contributed by atoms with Crippen LogP contribution in [0.15, 0.2) is 72.8 Å². The molecule has 208 valence electrons. The average molecular weight is 540 g/mol. The molecule has 0 unspecified atom stereocenters. The lowest BCUT2D eigenvalue weighted by Crippen LogP contribution is -2.54. The summed E-state index contributed by atoms with van der Waals surface area (Å²) in [4.78, 5) is 27.7. The van der Waals surface area contributed by atoms with E-state index in [0.29, 0.717) is 13.0 Å². The van der Waals surface area contributed by atoms with Gasteiger partial charge < -0.3 is 13.9 Å². The molecule has 0 aliphatic carbocycles. The summed E-state index contributed by atoms with van der Waals surface area (Å²) in [6.45, 7) is 16.7. The molecule has 6 nitrogen and oxygen atoms in total. The van der Waals surface area contributed by atoms with Crippen molar-refractivity contribution in [3.8, 4) is 0 Å². The number of benzene rings is 2. The largest absolute Gasteiger partial charge is 0.466 e. The van der Waals surface area contributed by atoms with Gasteiger partial charge in [0, 0.05) is 12.6 Å². The van der Waals surface area contributed by atoms with Crippen LogP contribution in [0.2, 0.25) is 18.1 Å². The molecule has 0 aliphatic heterocycles. The zero-order chi connectivity index (χ0) is 28.6. The van der Waals surface area contributed by atoms with Gasteiger partial charge in [-0.3, -0.25) is 4.90 Å². The van der Waals surface area contributed by atoms with E-state index in [0.717, 1.165) is 11.1 Å². The van der Waals surface area contributed by atoms with Crippen molar-refractivity contribution in [1.82, 2.24) is 4.90 Å². The van der Waals surface area contributed by atoms with Crippen molar-refractivity contribution < 1.29 is 23.5 Å². The lowest BCUT2D eigenvalue weighted by molar-refractivity contribution is -0.134. The number of esters is 1. The van der Waals surface area contributed by atoms with Crippen LogP contribution in [0.1, 0.15) is 52.7 Å². The Morgan fingerprint density at radius 2 is 1.42 bits per heavy atom. The molecule has 7 heteroatoms. The summed E-state index contributed by atoms with van der Waals surface area (Å²) < 4.78 is 17.7. The highest BCUT2D eigenvalue weighted by Crippen LogP contribution is 2.38. The van der Waals surface area contributed by atoms with Crippen molar-refractivity contribution >= 4 is 20.4 Å². The third kappa shape index (κ3) is 9.76. The van der Waals surface area contributed by atoms with Crippen molar-refractivity contribution in [2.45, 2.75) is 90.4 Å². The molecule has 0 radical (unpaired) electrons. The lowest BCUT2D eigenvalue weighted by Gasteiger charge is -2.43. The fourth-order valence-electron chi connectivity index (χ4n) is 3.68. The minimum absolute atomic E-state index is 0.0855. The van der Waals surface area contributed by atoms with Gasteiger partial charge >= 0.3 is 12.1 Å². The van der Waals surface area contributed by atoms with Crippen LogP contribution in [0.4, 0.5) is 4.79 Å². The maximum absolute atomic E-state index is 13.8. The number of carbonyl (C=O) groups is 2. The van der Waals surface area contributed by atoms with Gasteiger partial charge in [-0.15, -0.1) is 0 Å². The van der Waals surface area contributed by atoms with E-state index in [4.69, 9.17) is 13.9 Å². The van der Waals surface area contributed by atoms with Crippen LogP contribution in [-0.4, -0.2) is 50.1 Å². The number of rotatable bonds is 10. The van der Waals surface area contributed by atoms with Crippen molar-refractivity contribution in [2.75, 3.05) is 7.11 Å². The van der Waals surface area contributed by atoms with Crippen molar-refractivity contribution in [2.24, 2.45) is 0 Å². The second kappa shape index (κ2) is 13.2. The first kappa shape index (κ1) is 31.3. The smallest absolute Gasteiger partial charge is 0.410 e. The van der Waals surface area contributed by atoms with E-state index in [2.05, 4.69) is 33.9 Å². The highest BCUT2D eigenvalue weighted by atomic mass is 28.4. The number of amides is 1. The lowest BCUT2D eigenvalue weighted by atomic mass is 9.98. The Balaban J connectivity index is 2.68. The molecular weight excluding hydrogens is 494 g/mol. The number of carbonyl (C=O) groups excluding carboxylic acids is 2. The monoisotopic (exact) mass is 539 g/mol. The van der Waals surface area contributed by atoms with Crippen LogP contribution in [-0.2, 0) is 31.7 Å². The molecular formula is C31H45NO5Si. The van der Waals surface area contributed by atoms with Gasteiger partial charge in [0.2, 0.25) is 0 Å². The molecule has 0 N–H and O–H groups in total. The summed E-state index contributed by atoms with van der Waals surface area (Å²) >= 11 is 0. The molecule has 0 spiro atoms. The van der Waals surface area contributed by atoms with Crippen LogP contribution in [0.25, 0.3) is 0 Å². The third-order valence-corrected chi connectivity index (χ3v) is 11.2. The van der Waals surface area contributed by atoms with Crippen LogP contribution in [0.5, 0.6) is 0 Å². The second-order valence-corrected chi connectivity index (χ2v) is 16.8. The standard InChI is InChI=1S/C31H45NO5Si/c1-30(2,3)36-29(34)32(23-25-18-14-11-15-19-25)26(22-24-16-12-10-13-17-24)27(20-21-28(33)35-7)37-38(8,9)31(4,5)6/h10-21,26-27H,22-23H2,1-9H3/b21-20+/t26-,27-/m0/s1. The quantitative estimate of drug-likeness (QED) is 0.182. The highest BCUT2D eigenvalue weighted by molar-refractivity contribution is 6.74. The summed E-state index contributed by atoms with van der Waals surface area (Å²) in [7, 11) is -0.984. The summed E-state index contributed by atoms with van der Waals surface area (Å²) in [5.41, 5.74) is 1.34. The van der Waals surface area contributed by atoms with Gasteiger partial charge in [0.15, 0.2) is 8.32 Å². The van der Waals surface area contributed by atoms with Crippen LogP contribution < -0.4 is 0 Å². The van der Waals surface area contributed by atoms with Gasteiger partial charge in [-0.2, -0.15) is 0 Å². The molecule has 1 amide bonds. The van der Waals surface area contributed by atoms with Crippen molar-refractivity contribution in [1.29, 1.82) is 0 Å². The van der Waals surface area contributed by atoms with E-state index in [9.17, 15) is 9.59 Å². The highest BCUT2D eigenvalue weighted by Gasteiger charge is 2.42. The Bertz CT molecular complexity index is 1060. The number of methoxy groups -OCH3 is 1. The van der Waals surface area contributed by atoms with Crippen molar-refractivity contribution in [3.05, 3.63) is 83.9 Å². The summed E-state index contributed by atoms with van der Waals surface area (Å²) in [6.07, 6.45) is 2.63. The van der Waals surface area contributed by atoms with Gasteiger partial charge in [-0.1, -0.05) is 81.4 Å². The van der Waals surface area contributed by atoms with E-state index >= 15 is 0 Å². The molecule has 2 aromatic carbocycles.